The number of ether oxygens (including phenoxy) is 6. The Hall–Kier alpha value is -1.21. The van der Waals surface area contributed by atoms with Crippen molar-refractivity contribution in [2.24, 2.45) is 0 Å². The van der Waals surface area contributed by atoms with Crippen LogP contribution in [-0.4, -0.2) is 193 Å². The second-order valence-electron chi connectivity index (χ2n) is 23.6. The van der Waals surface area contributed by atoms with Gasteiger partial charge in [0.05, 0.1) is 38.6 Å². The van der Waals surface area contributed by atoms with Crippen LogP contribution < -0.4 is 5.32 Å². The van der Waals surface area contributed by atoms with Gasteiger partial charge in [-0.25, -0.2) is 0 Å². The molecule has 3 rings (SSSR count). The molecule has 0 bridgehead atoms. The summed E-state index contributed by atoms with van der Waals surface area (Å²) in [7, 11) is 0. The van der Waals surface area contributed by atoms with Gasteiger partial charge in [-0.15, -0.1) is 0 Å². The van der Waals surface area contributed by atoms with Crippen molar-refractivity contribution >= 4 is 5.91 Å². The summed E-state index contributed by atoms with van der Waals surface area (Å²) < 4.78 is 34.4. The van der Waals surface area contributed by atoms with Crippen LogP contribution >= 0.6 is 0 Å². The zero-order valence-electron chi connectivity index (χ0n) is 49.6. The van der Waals surface area contributed by atoms with Crippen LogP contribution in [0.1, 0.15) is 251 Å². The first-order valence-electron chi connectivity index (χ1n) is 32.3. The molecular formula is C61H117NO18. The van der Waals surface area contributed by atoms with E-state index in [0.717, 1.165) is 44.9 Å². The summed E-state index contributed by atoms with van der Waals surface area (Å²) in [6.07, 6.45) is 17.5. The topological polar surface area (TPSA) is 307 Å². The molecule has 0 aromatic rings. The maximum atomic E-state index is 13.4. The van der Waals surface area contributed by atoms with Crippen molar-refractivity contribution in [3.05, 3.63) is 0 Å². The van der Waals surface area contributed by atoms with Crippen molar-refractivity contribution in [1.29, 1.82) is 0 Å². The van der Waals surface area contributed by atoms with Gasteiger partial charge in [0.2, 0.25) is 5.91 Å². The molecule has 17 unspecified atom stereocenters. The SMILES string of the molecule is CCCCCCCCCCCCCCCCCCCCC(=O)NC(COC1OC(CO)C(OC2OC(CO)C(OC3OC(CO)C(O)C(O)C3O)C(O)C2O)C(O)C1O)C(O)CCCCCCCCCCCCCCCCCCC. The Labute approximate surface area is 481 Å². The monoisotopic (exact) mass is 1150 g/mol. The molecule has 0 spiro atoms. The number of carbonyl (C=O) groups is 1. The van der Waals surface area contributed by atoms with Crippen LogP contribution in [0.25, 0.3) is 0 Å². The highest BCUT2D eigenvalue weighted by atomic mass is 16.8. The molecule has 0 saturated carbocycles. The van der Waals surface area contributed by atoms with Crippen LogP contribution in [0.15, 0.2) is 0 Å². The third-order valence-corrected chi connectivity index (χ3v) is 16.7. The Balaban J connectivity index is 1.47. The molecule has 3 saturated heterocycles. The number of aliphatic hydroxyl groups is 11. The van der Waals surface area contributed by atoms with Crippen molar-refractivity contribution < 1.29 is 89.4 Å². The number of nitrogens with one attached hydrogen (secondary N) is 1. The molecule has 3 aliphatic heterocycles. The number of carbonyl (C=O) groups excluding carboxylic acids is 1. The highest BCUT2D eigenvalue weighted by molar-refractivity contribution is 5.76. The van der Waals surface area contributed by atoms with E-state index in [0.29, 0.717) is 12.8 Å². The van der Waals surface area contributed by atoms with E-state index in [1.54, 1.807) is 0 Å². The predicted molar refractivity (Wildman–Crippen MR) is 305 cm³/mol. The van der Waals surface area contributed by atoms with E-state index in [2.05, 4.69) is 19.2 Å². The maximum absolute atomic E-state index is 13.4. The van der Waals surface area contributed by atoms with Crippen molar-refractivity contribution in [3.63, 3.8) is 0 Å². The molecule has 3 aliphatic rings. The number of hydrogen-bond acceptors (Lipinski definition) is 18. The van der Waals surface area contributed by atoms with Crippen molar-refractivity contribution in [2.75, 3.05) is 26.4 Å². The predicted octanol–water partition coefficient (Wildman–Crippen LogP) is 6.77. The first kappa shape index (κ1) is 73.0. The first-order chi connectivity index (χ1) is 38.8. The highest BCUT2D eigenvalue weighted by Crippen LogP contribution is 2.33. The number of amides is 1. The fourth-order valence-electron chi connectivity index (χ4n) is 11.4. The quantitative estimate of drug-likeness (QED) is 0.0280. The summed E-state index contributed by atoms with van der Waals surface area (Å²) in [5.74, 6) is -0.237. The molecule has 19 nitrogen and oxygen atoms in total. The van der Waals surface area contributed by atoms with Gasteiger partial charge in [0.15, 0.2) is 18.9 Å². The average molecular weight is 1150 g/mol. The molecule has 3 heterocycles. The van der Waals surface area contributed by atoms with Crippen LogP contribution in [-0.2, 0) is 33.2 Å². The van der Waals surface area contributed by atoms with Crippen molar-refractivity contribution in [3.8, 4) is 0 Å². The third-order valence-electron chi connectivity index (χ3n) is 16.7. The lowest BCUT2D eigenvalue weighted by Gasteiger charge is -2.48. The van der Waals surface area contributed by atoms with Crippen LogP contribution in [0.4, 0.5) is 0 Å². The van der Waals surface area contributed by atoms with Gasteiger partial charge in [0.25, 0.3) is 0 Å². The summed E-state index contributed by atoms with van der Waals surface area (Å²) >= 11 is 0. The number of unbranched alkanes of at least 4 members (excludes halogenated alkanes) is 33. The van der Waals surface area contributed by atoms with Gasteiger partial charge in [-0.2, -0.15) is 0 Å². The average Bonchev–Trinajstić information content (AvgIpc) is 3.50. The normalized spacial score (nSPS) is 29.9. The van der Waals surface area contributed by atoms with E-state index < -0.39 is 124 Å². The first-order valence-corrected chi connectivity index (χ1v) is 32.3. The smallest absolute Gasteiger partial charge is 0.220 e. The van der Waals surface area contributed by atoms with E-state index in [-0.39, 0.29) is 18.9 Å². The lowest BCUT2D eigenvalue weighted by atomic mass is 9.96. The van der Waals surface area contributed by atoms with Crippen molar-refractivity contribution in [2.45, 2.75) is 356 Å². The second-order valence-corrected chi connectivity index (χ2v) is 23.6. The standard InChI is InChI=1S/C61H117NO18/c1-3-5-7-9-11-13-15-17-19-21-23-25-27-29-31-33-35-37-39-49(67)62-44(45(66)38-36-34-32-30-28-26-24-22-20-18-16-14-12-10-8-6-4-2)43-75-59-55(73)52(70)57(47(41-64)77-59)80-61-56(74)53(71)58(48(42-65)78-61)79-60-54(72)51(69)50(68)46(40-63)76-60/h44-48,50-61,63-66,68-74H,3-43H2,1-2H3,(H,62,67). The van der Waals surface area contributed by atoms with E-state index >= 15 is 0 Å². The lowest BCUT2D eigenvalue weighted by molar-refractivity contribution is -0.379. The molecule has 0 aromatic carbocycles. The molecular weight excluding hydrogens is 1030 g/mol. The summed E-state index contributed by atoms with van der Waals surface area (Å²) in [4.78, 5) is 13.4. The van der Waals surface area contributed by atoms with Crippen molar-refractivity contribution in [1.82, 2.24) is 5.32 Å². The van der Waals surface area contributed by atoms with Crippen LogP contribution in [0.3, 0.4) is 0 Å². The molecule has 80 heavy (non-hydrogen) atoms. The van der Waals surface area contributed by atoms with Gasteiger partial charge < -0.3 is 89.9 Å². The molecule has 0 aromatic heterocycles. The number of rotatable bonds is 49. The molecule has 3 fully saturated rings. The van der Waals surface area contributed by atoms with E-state index in [1.165, 1.54) is 173 Å². The molecule has 0 aliphatic carbocycles. The van der Waals surface area contributed by atoms with Gasteiger partial charge in [-0.05, 0) is 12.8 Å². The van der Waals surface area contributed by atoms with E-state index in [1.807, 2.05) is 0 Å². The maximum Gasteiger partial charge on any atom is 0.220 e. The molecule has 19 heteroatoms. The summed E-state index contributed by atoms with van der Waals surface area (Å²) in [6.45, 7) is 1.82. The Morgan fingerprint density at radius 2 is 0.713 bits per heavy atom. The van der Waals surface area contributed by atoms with Gasteiger partial charge in [0, 0.05) is 6.42 Å². The largest absolute Gasteiger partial charge is 0.394 e. The summed E-state index contributed by atoms with van der Waals surface area (Å²) in [5, 5.41) is 120. The van der Waals surface area contributed by atoms with Crippen LogP contribution in [0, 0.1) is 0 Å². The molecule has 474 valence electrons. The van der Waals surface area contributed by atoms with Gasteiger partial charge in [-0.1, -0.05) is 232 Å². The minimum Gasteiger partial charge on any atom is -0.394 e. The fourth-order valence-corrected chi connectivity index (χ4v) is 11.4. The summed E-state index contributed by atoms with van der Waals surface area (Å²) in [5.41, 5.74) is 0. The molecule has 1 amide bonds. The van der Waals surface area contributed by atoms with Gasteiger partial charge in [0.1, 0.15) is 73.2 Å². The zero-order valence-corrected chi connectivity index (χ0v) is 49.6. The minimum atomic E-state index is -1.97. The fraction of sp³-hybridized carbons (Fsp3) is 0.984. The third kappa shape index (κ3) is 28.3. The lowest BCUT2D eigenvalue weighted by Crippen LogP contribution is -2.66. The Bertz CT molecular complexity index is 1470. The highest BCUT2D eigenvalue weighted by Gasteiger charge is 2.53. The Morgan fingerprint density at radius 1 is 0.400 bits per heavy atom. The Morgan fingerprint density at radius 3 is 1.09 bits per heavy atom. The molecule has 17 atom stereocenters. The number of hydrogen-bond donors (Lipinski definition) is 12. The van der Waals surface area contributed by atoms with Crippen LogP contribution in [0.2, 0.25) is 0 Å². The molecule has 0 radical (unpaired) electrons. The molecule has 12 N–H and O–H groups in total. The van der Waals surface area contributed by atoms with Crippen LogP contribution in [0.5, 0.6) is 0 Å². The summed E-state index contributed by atoms with van der Waals surface area (Å²) in [6, 6.07) is -0.880. The van der Waals surface area contributed by atoms with Gasteiger partial charge >= 0.3 is 0 Å². The van der Waals surface area contributed by atoms with E-state index in [9.17, 15) is 61.0 Å². The van der Waals surface area contributed by atoms with E-state index in [4.69, 9.17) is 28.4 Å². The van der Waals surface area contributed by atoms with Gasteiger partial charge in [-0.3, -0.25) is 4.79 Å². The Kier molecular flexibility index (Phi) is 41.2. The zero-order chi connectivity index (χ0) is 58.3. The second kappa shape index (κ2) is 45.2. The number of aliphatic hydroxyl groups excluding tert-OH is 11. The minimum absolute atomic E-state index is 0.237.